The van der Waals surface area contributed by atoms with Gasteiger partial charge in [-0.2, -0.15) is 0 Å². The van der Waals surface area contributed by atoms with Gasteiger partial charge >= 0.3 is 0 Å². The Hall–Kier alpha value is -3.18. The summed E-state index contributed by atoms with van der Waals surface area (Å²) < 4.78 is 27.7. The van der Waals surface area contributed by atoms with E-state index in [9.17, 15) is 8.78 Å². The van der Waals surface area contributed by atoms with Crippen molar-refractivity contribution in [3.05, 3.63) is 95.8 Å². The molecule has 0 aliphatic carbocycles. The zero-order chi connectivity index (χ0) is 18.6. The topological polar surface area (TPSA) is 43.9 Å². The van der Waals surface area contributed by atoms with Crippen LogP contribution in [0.15, 0.2) is 78.0 Å². The molecular weight excluding hydrogens is 380 g/mol. The van der Waals surface area contributed by atoms with Crippen LogP contribution in [-0.2, 0) is 6.54 Å². The van der Waals surface area contributed by atoms with Crippen molar-refractivity contribution in [2.75, 3.05) is 0 Å². The van der Waals surface area contributed by atoms with Gasteiger partial charge in [0.15, 0.2) is 0 Å². The molecule has 2 heterocycles. The molecular formula is C22H18ClF2N3. The van der Waals surface area contributed by atoms with Gasteiger partial charge < -0.3 is 9.97 Å². The summed E-state index contributed by atoms with van der Waals surface area (Å²) in [6.07, 6.45) is 5.34. The number of aliphatic imine (C=N–C) groups is 1. The molecule has 6 heteroatoms. The molecule has 4 aromatic rings. The van der Waals surface area contributed by atoms with E-state index in [1.165, 1.54) is 12.1 Å². The molecule has 4 rings (SSSR count). The predicted octanol–water partition coefficient (Wildman–Crippen LogP) is 6.00. The summed E-state index contributed by atoms with van der Waals surface area (Å²) in [5.74, 6) is -0.529. The van der Waals surface area contributed by atoms with Gasteiger partial charge in [-0.15, -0.1) is 12.4 Å². The van der Waals surface area contributed by atoms with Crippen molar-refractivity contribution < 1.29 is 8.78 Å². The summed E-state index contributed by atoms with van der Waals surface area (Å²) in [6.45, 7) is 0.463. The Balaban J connectivity index is 0.00000225. The van der Waals surface area contributed by atoms with Gasteiger partial charge in [0.2, 0.25) is 0 Å². The Bertz CT molecular complexity index is 1100. The molecule has 2 aromatic heterocycles. The minimum Gasteiger partial charge on any atom is -0.361 e. The molecule has 3 nitrogen and oxygen atoms in total. The lowest BCUT2D eigenvalue weighted by Gasteiger charge is -1.98. The van der Waals surface area contributed by atoms with Crippen LogP contribution in [-0.4, -0.2) is 16.2 Å². The Morgan fingerprint density at radius 1 is 0.786 bits per heavy atom. The number of aromatic amines is 2. The van der Waals surface area contributed by atoms with Gasteiger partial charge in [0.1, 0.15) is 11.6 Å². The third-order valence-electron chi connectivity index (χ3n) is 4.29. The van der Waals surface area contributed by atoms with Crippen LogP contribution in [0, 0.1) is 11.6 Å². The van der Waals surface area contributed by atoms with E-state index in [2.05, 4.69) is 15.0 Å². The average molecular weight is 398 g/mol. The molecule has 142 valence electrons. The Kier molecular flexibility index (Phi) is 6.06. The van der Waals surface area contributed by atoms with Gasteiger partial charge in [0.05, 0.1) is 6.54 Å². The standard InChI is InChI=1S/C22H17F2N3.ClH/c23-19-7-3-1-5-17(19)21-9-15(13-26-21)11-25-12-16-10-22(27-14-16)18-6-2-4-8-20(18)24;/h1-11,13-14,26-27H,12H2;1H. The second kappa shape index (κ2) is 8.67. The molecule has 0 fully saturated rings. The van der Waals surface area contributed by atoms with E-state index in [-0.39, 0.29) is 24.0 Å². The summed E-state index contributed by atoms with van der Waals surface area (Å²) in [4.78, 5) is 10.6. The van der Waals surface area contributed by atoms with Crippen molar-refractivity contribution in [3.63, 3.8) is 0 Å². The van der Waals surface area contributed by atoms with Crippen LogP contribution in [0.3, 0.4) is 0 Å². The highest BCUT2D eigenvalue weighted by Gasteiger charge is 2.07. The minimum atomic E-state index is -0.268. The fraction of sp³-hybridized carbons (Fsp3) is 0.0455. The van der Waals surface area contributed by atoms with E-state index in [1.807, 2.05) is 18.3 Å². The third kappa shape index (κ3) is 4.21. The lowest BCUT2D eigenvalue weighted by atomic mass is 10.1. The zero-order valence-corrected chi connectivity index (χ0v) is 15.6. The van der Waals surface area contributed by atoms with Gasteiger partial charge in [0, 0.05) is 46.7 Å². The van der Waals surface area contributed by atoms with E-state index in [0.29, 0.717) is 23.4 Å². The lowest BCUT2D eigenvalue weighted by Crippen LogP contribution is -1.83. The number of hydrogen-bond donors (Lipinski definition) is 2. The van der Waals surface area contributed by atoms with Crippen molar-refractivity contribution in [2.45, 2.75) is 6.54 Å². The predicted molar refractivity (Wildman–Crippen MR) is 111 cm³/mol. The van der Waals surface area contributed by atoms with Crippen LogP contribution in [0.25, 0.3) is 22.5 Å². The minimum absolute atomic E-state index is 0. The van der Waals surface area contributed by atoms with Gasteiger partial charge in [-0.25, -0.2) is 8.78 Å². The van der Waals surface area contributed by atoms with Crippen LogP contribution in [0.1, 0.15) is 11.1 Å². The van der Waals surface area contributed by atoms with E-state index < -0.39 is 0 Å². The first kappa shape index (κ1) is 19.6. The van der Waals surface area contributed by atoms with Crippen LogP contribution in [0.4, 0.5) is 8.78 Å². The van der Waals surface area contributed by atoms with Crippen molar-refractivity contribution in [1.29, 1.82) is 0 Å². The molecule has 0 saturated carbocycles. The lowest BCUT2D eigenvalue weighted by molar-refractivity contribution is 0.630. The van der Waals surface area contributed by atoms with Crippen molar-refractivity contribution >= 4 is 18.6 Å². The maximum absolute atomic E-state index is 13.8. The molecule has 0 amide bonds. The monoisotopic (exact) mass is 397 g/mol. The average Bonchev–Trinajstić information content (AvgIpc) is 3.33. The highest BCUT2D eigenvalue weighted by atomic mass is 35.5. The summed E-state index contributed by atoms with van der Waals surface area (Å²) in [5.41, 5.74) is 4.30. The van der Waals surface area contributed by atoms with E-state index in [0.717, 1.165) is 16.8 Å². The summed E-state index contributed by atoms with van der Waals surface area (Å²) in [6, 6.07) is 17.0. The van der Waals surface area contributed by atoms with Gasteiger partial charge in [-0.3, -0.25) is 4.99 Å². The molecule has 0 saturated heterocycles. The number of nitrogens with zero attached hydrogens (tertiary/aromatic N) is 1. The van der Waals surface area contributed by atoms with Crippen molar-refractivity contribution in [3.8, 4) is 22.5 Å². The normalized spacial score (nSPS) is 10.9. The first-order valence-electron chi connectivity index (χ1n) is 8.56. The number of aromatic nitrogens is 2. The van der Waals surface area contributed by atoms with Crippen molar-refractivity contribution in [2.24, 2.45) is 4.99 Å². The smallest absolute Gasteiger partial charge is 0.132 e. The van der Waals surface area contributed by atoms with Crippen LogP contribution in [0.5, 0.6) is 0 Å². The van der Waals surface area contributed by atoms with Crippen LogP contribution >= 0.6 is 12.4 Å². The summed E-state index contributed by atoms with van der Waals surface area (Å²) in [7, 11) is 0. The SMILES string of the molecule is Cl.Fc1ccccc1-c1cc(C=NCc2c[nH]c(-c3ccccc3F)c2)c[nH]1. The maximum Gasteiger partial charge on any atom is 0.132 e. The number of nitrogens with one attached hydrogen (secondary N) is 2. The molecule has 0 spiro atoms. The first-order chi connectivity index (χ1) is 13.2. The van der Waals surface area contributed by atoms with E-state index in [4.69, 9.17) is 0 Å². The van der Waals surface area contributed by atoms with E-state index >= 15 is 0 Å². The quantitative estimate of drug-likeness (QED) is 0.388. The molecule has 0 unspecified atom stereocenters. The fourth-order valence-electron chi connectivity index (χ4n) is 2.94. The van der Waals surface area contributed by atoms with E-state index in [1.54, 1.807) is 48.8 Å². The number of H-pyrrole nitrogens is 2. The second-order valence-electron chi connectivity index (χ2n) is 6.20. The molecule has 0 aliphatic heterocycles. The van der Waals surface area contributed by atoms with Crippen molar-refractivity contribution in [1.82, 2.24) is 9.97 Å². The summed E-state index contributed by atoms with van der Waals surface area (Å²) >= 11 is 0. The molecule has 2 N–H and O–H groups in total. The molecule has 0 bridgehead atoms. The molecule has 0 radical (unpaired) electrons. The first-order valence-corrected chi connectivity index (χ1v) is 8.56. The Morgan fingerprint density at radius 3 is 2.00 bits per heavy atom. The summed E-state index contributed by atoms with van der Waals surface area (Å²) in [5, 5.41) is 0. The Labute approximate surface area is 167 Å². The van der Waals surface area contributed by atoms with Crippen LogP contribution < -0.4 is 0 Å². The fourth-order valence-corrected chi connectivity index (χ4v) is 2.94. The van der Waals surface area contributed by atoms with Gasteiger partial charge in [-0.1, -0.05) is 24.3 Å². The number of halogens is 3. The largest absolute Gasteiger partial charge is 0.361 e. The molecule has 28 heavy (non-hydrogen) atoms. The number of hydrogen-bond acceptors (Lipinski definition) is 1. The Morgan fingerprint density at radius 2 is 1.36 bits per heavy atom. The third-order valence-corrected chi connectivity index (χ3v) is 4.29. The molecule has 0 atom stereocenters. The zero-order valence-electron chi connectivity index (χ0n) is 14.8. The molecule has 0 aliphatic rings. The highest BCUT2D eigenvalue weighted by molar-refractivity contribution is 5.85. The second-order valence-corrected chi connectivity index (χ2v) is 6.20. The molecule has 2 aromatic carbocycles. The highest BCUT2D eigenvalue weighted by Crippen LogP contribution is 2.23. The van der Waals surface area contributed by atoms with Gasteiger partial charge in [0.25, 0.3) is 0 Å². The van der Waals surface area contributed by atoms with Crippen LogP contribution in [0.2, 0.25) is 0 Å². The van der Waals surface area contributed by atoms with Gasteiger partial charge in [-0.05, 0) is 42.0 Å². The number of rotatable bonds is 5. The number of benzene rings is 2. The maximum atomic E-state index is 13.8.